The van der Waals surface area contributed by atoms with Crippen molar-refractivity contribution in [2.24, 2.45) is 0 Å². The van der Waals surface area contributed by atoms with Gasteiger partial charge >= 0.3 is 21.1 Å². The Morgan fingerprint density at radius 3 is 2.27 bits per heavy atom. The molecular weight excluding hydrogens is 792 g/mol. The summed E-state index contributed by atoms with van der Waals surface area (Å²) in [6.45, 7) is 8.62. The zero-order chi connectivity index (χ0) is 31.8. The van der Waals surface area contributed by atoms with E-state index in [0.717, 1.165) is 70.7 Å². The Labute approximate surface area is 296 Å². The van der Waals surface area contributed by atoms with E-state index in [1.54, 1.807) is 11.8 Å². The monoisotopic (exact) mass is 819 g/mol. The molecular formula is C40H28N6PtS. The fraction of sp³-hybridized carbons (Fsp3) is 0.100. The van der Waals surface area contributed by atoms with Crippen LogP contribution in [-0.4, -0.2) is 29.1 Å². The third kappa shape index (κ3) is 4.67. The van der Waals surface area contributed by atoms with E-state index in [2.05, 4.69) is 113 Å². The van der Waals surface area contributed by atoms with Gasteiger partial charge in [0, 0.05) is 35.2 Å². The second-order valence-corrected chi connectivity index (χ2v) is 13.2. The number of nitrogens with zero attached hydrogens (tertiary/aromatic N) is 6. The van der Waals surface area contributed by atoms with Crippen LogP contribution in [-0.2, 0) is 21.1 Å². The van der Waals surface area contributed by atoms with Crippen molar-refractivity contribution in [3.63, 3.8) is 0 Å². The van der Waals surface area contributed by atoms with Crippen molar-refractivity contribution in [1.29, 1.82) is 0 Å². The van der Waals surface area contributed by atoms with Gasteiger partial charge in [-0.05, 0) is 73.9 Å². The van der Waals surface area contributed by atoms with Crippen molar-refractivity contribution < 1.29 is 21.1 Å². The minimum atomic E-state index is 0. The first kappa shape index (κ1) is 30.5. The van der Waals surface area contributed by atoms with Crippen molar-refractivity contribution in [3.05, 3.63) is 132 Å². The summed E-state index contributed by atoms with van der Waals surface area (Å²) in [5.74, 6) is 1.70. The van der Waals surface area contributed by atoms with E-state index in [-0.39, 0.29) is 21.1 Å². The first-order valence-corrected chi connectivity index (χ1v) is 16.4. The van der Waals surface area contributed by atoms with Crippen LogP contribution in [0.5, 0.6) is 0 Å². The molecule has 0 aliphatic heterocycles. The predicted octanol–water partition coefficient (Wildman–Crippen LogP) is 9.57. The van der Waals surface area contributed by atoms with Crippen molar-refractivity contribution in [1.82, 2.24) is 29.1 Å². The molecule has 0 spiro atoms. The van der Waals surface area contributed by atoms with Gasteiger partial charge in [0.05, 0.1) is 5.65 Å². The zero-order valence-electron chi connectivity index (χ0n) is 26.6. The normalized spacial score (nSPS) is 11.7. The van der Waals surface area contributed by atoms with E-state index < -0.39 is 0 Å². The minimum absolute atomic E-state index is 0. The molecule has 48 heavy (non-hydrogen) atoms. The number of aryl methyl sites for hydroxylation is 4. The maximum absolute atomic E-state index is 4.82. The average Bonchev–Trinajstić information content (AvgIpc) is 3.65. The molecule has 0 fully saturated rings. The molecule has 8 heteroatoms. The standard InChI is InChI=1S/C40H28N6S.Pt/c1-23-18-25(3)37(26(4)19-23)40-44-43-39-31-20-27(12-14-30(31)38-24(2)8-7-9-34(38)46(39)40)47-28-11-13-29-32-22-41-17-15-33(32)45(35(29)21-28)36-10-5-6-16-42-36;/h5-19,22H,1-4H3;/q-2;+2. The quantitative estimate of drug-likeness (QED) is 0.131. The third-order valence-electron chi connectivity index (χ3n) is 9.02. The largest absolute Gasteiger partial charge is 2.00 e. The van der Waals surface area contributed by atoms with Crippen LogP contribution in [0.4, 0.5) is 0 Å². The van der Waals surface area contributed by atoms with Gasteiger partial charge in [0.15, 0.2) is 5.82 Å². The van der Waals surface area contributed by atoms with Crippen molar-refractivity contribution in [3.8, 4) is 17.2 Å². The average molecular weight is 820 g/mol. The smallest absolute Gasteiger partial charge is 0.319 e. The van der Waals surface area contributed by atoms with E-state index >= 15 is 0 Å². The number of hydrogen-bond donors (Lipinski definition) is 0. The van der Waals surface area contributed by atoms with Crippen LogP contribution in [0.2, 0.25) is 0 Å². The van der Waals surface area contributed by atoms with Crippen molar-refractivity contribution in [2.75, 3.05) is 0 Å². The topological polar surface area (TPSA) is 60.9 Å². The second-order valence-electron chi connectivity index (χ2n) is 12.1. The molecule has 0 aliphatic rings. The molecule has 9 aromatic rings. The molecule has 0 saturated carbocycles. The van der Waals surface area contributed by atoms with Gasteiger partial charge in [0.25, 0.3) is 0 Å². The van der Waals surface area contributed by atoms with Crippen LogP contribution in [0.15, 0.2) is 107 Å². The Morgan fingerprint density at radius 1 is 0.688 bits per heavy atom. The summed E-state index contributed by atoms with van der Waals surface area (Å²) >= 11 is 1.64. The molecule has 0 N–H and O–H groups in total. The molecule has 0 aliphatic carbocycles. The van der Waals surface area contributed by atoms with Crippen LogP contribution in [0, 0.1) is 39.8 Å². The van der Waals surface area contributed by atoms with Gasteiger partial charge in [-0.3, -0.25) is 4.98 Å². The number of pyridine rings is 3. The van der Waals surface area contributed by atoms with Gasteiger partial charge in [-0.2, -0.15) is 17.2 Å². The van der Waals surface area contributed by atoms with Crippen LogP contribution < -0.4 is 0 Å². The summed E-state index contributed by atoms with van der Waals surface area (Å²) in [6.07, 6.45) is 5.56. The maximum atomic E-state index is 4.82. The first-order valence-electron chi connectivity index (χ1n) is 15.6. The summed E-state index contributed by atoms with van der Waals surface area (Å²) < 4.78 is 4.38. The molecule has 0 bridgehead atoms. The molecule has 9 rings (SSSR count). The van der Waals surface area contributed by atoms with E-state index in [4.69, 9.17) is 10.2 Å². The molecule has 4 aromatic carbocycles. The summed E-state index contributed by atoms with van der Waals surface area (Å²) in [7, 11) is 0. The molecule has 234 valence electrons. The third-order valence-corrected chi connectivity index (χ3v) is 9.93. The fourth-order valence-electron chi connectivity index (χ4n) is 7.15. The van der Waals surface area contributed by atoms with E-state index in [1.807, 2.05) is 42.9 Å². The summed E-state index contributed by atoms with van der Waals surface area (Å²) in [5, 5.41) is 15.1. The first-order chi connectivity index (χ1) is 23.0. The van der Waals surface area contributed by atoms with Crippen LogP contribution in [0.25, 0.3) is 66.3 Å². The van der Waals surface area contributed by atoms with Crippen LogP contribution in [0.1, 0.15) is 22.3 Å². The van der Waals surface area contributed by atoms with E-state index in [9.17, 15) is 0 Å². The molecule has 0 atom stereocenters. The Balaban J connectivity index is 0.00000336. The second kappa shape index (κ2) is 11.7. The Hall–Kier alpha value is -4.84. The fourth-order valence-corrected chi connectivity index (χ4v) is 7.96. The Bertz CT molecular complexity index is 2690. The van der Waals surface area contributed by atoms with Crippen molar-refractivity contribution >= 4 is 60.9 Å². The Morgan fingerprint density at radius 2 is 1.48 bits per heavy atom. The maximum Gasteiger partial charge on any atom is 2.00 e. The molecule has 5 aromatic heterocycles. The molecule has 5 heterocycles. The molecule has 0 radical (unpaired) electrons. The van der Waals surface area contributed by atoms with Gasteiger partial charge in [0.1, 0.15) is 5.82 Å². The zero-order valence-corrected chi connectivity index (χ0v) is 29.7. The van der Waals surface area contributed by atoms with Gasteiger partial charge in [-0.15, -0.1) is 51.4 Å². The summed E-state index contributed by atoms with van der Waals surface area (Å²) in [4.78, 5) is 11.0. The molecule has 0 unspecified atom stereocenters. The number of benzene rings is 4. The number of fused-ring (bicyclic) bond motifs is 9. The van der Waals surface area contributed by atoms with Gasteiger partial charge in [0.2, 0.25) is 0 Å². The summed E-state index contributed by atoms with van der Waals surface area (Å²) in [6, 6.07) is 35.0. The number of rotatable bonds is 4. The number of aromatic nitrogens is 6. The van der Waals surface area contributed by atoms with Crippen LogP contribution in [0.3, 0.4) is 0 Å². The molecule has 0 amide bonds. The van der Waals surface area contributed by atoms with E-state index in [0.29, 0.717) is 0 Å². The number of hydrogen-bond acceptors (Lipinski definition) is 5. The molecule has 6 nitrogen and oxygen atoms in total. The minimum Gasteiger partial charge on any atom is -0.319 e. The van der Waals surface area contributed by atoms with Gasteiger partial charge in [-0.1, -0.05) is 62.6 Å². The predicted molar refractivity (Wildman–Crippen MR) is 191 cm³/mol. The van der Waals surface area contributed by atoms with Gasteiger partial charge in [-0.25, -0.2) is 4.98 Å². The van der Waals surface area contributed by atoms with Gasteiger partial charge < -0.3 is 8.97 Å². The molecule has 0 saturated heterocycles. The summed E-state index contributed by atoms with van der Waals surface area (Å²) in [5.41, 5.74) is 9.86. The Kier molecular flexibility index (Phi) is 7.43. The SMILES string of the molecule is Cc1cc(C)c(-c2nnc3c4[c-]c(Sc5[c-]c6c(cc5)c5cnccc5n6-c5ccccn5)ccc4c4c(C)cccc4n23)c(C)c1.[Pt+2]. The van der Waals surface area contributed by atoms with E-state index in [1.165, 1.54) is 27.6 Å². The van der Waals surface area contributed by atoms with Crippen molar-refractivity contribution in [2.45, 2.75) is 37.5 Å². The van der Waals surface area contributed by atoms with Crippen LogP contribution >= 0.6 is 11.8 Å².